The van der Waals surface area contributed by atoms with E-state index in [4.69, 9.17) is 0 Å². The van der Waals surface area contributed by atoms with Gasteiger partial charge in [0.1, 0.15) is 22.8 Å². The number of nitrogens with zero attached hydrogens (tertiary/aromatic N) is 6. The fraction of sp³-hybridized carbons (Fsp3) is 0.360. The van der Waals surface area contributed by atoms with Crippen LogP contribution in [-0.2, 0) is 23.1 Å². The van der Waals surface area contributed by atoms with Crippen molar-refractivity contribution in [1.82, 2.24) is 35.3 Å². The zero-order chi connectivity index (χ0) is 27.6. The van der Waals surface area contributed by atoms with Crippen LogP contribution in [0, 0.1) is 6.92 Å². The van der Waals surface area contributed by atoms with E-state index in [-0.39, 0.29) is 24.4 Å². The number of halogens is 3. The Morgan fingerprint density at radius 3 is 2.72 bits per heavy atom. The van der Waals surface area contributed by atoms with Gasteiger partial charge in [0.25, 0.3) is 0 Å². The van der Waals surface area contributed by atoms with E-state index in [1.54, 1.807) is 24.5 Å². The first-order valence-electron chi connectivity index (χ1n) is 12.2. The summed E-state index contributed by atoms with van der Waals surface area (Å²) in [4.78, 5) is 25.0. The van der Waals surface area contributed by atoms with Crippen LogP contribution in [0.1, 0.15) is 41.9 Å². The average Bonchev–Trinajstić information content (AvgIpc) is 3.58. The number of anilines is 2. The van der Waals surface area contributed by atoms with Gasteiger partial charge in [-0.3, -0.25) is 4.79 Å². The molecule has 1 saturated carbocycles. The fourth-order valence-electron chi connectivity index (χ4n) is 4.52. The largest absolute Gasteiger partial charge is 0.433 e. The molecular weight excluding hydrogens is 533 g/mol. The van der Waals surface area contributed by atoms with Gasteiger partial charge < -0.3 is 15.7 Å². The molecule has 0 saturated heterocycles. The van der Waals surface area contributed by atoms with Crippen molar-refractivity contribution < 1.29 is 23.1 Å². The predicted octanol–water partition coefficient (Wildman–Crippen LogP) is 4.21. The maximum Gasteiger partial charge on any atom is 0.433 e. The second-order valence-electron chi connectivity index (χ2n) is 9.48. The standard InChI is InChI=1S/C25H25F3N8O2S/c1-15-10-16(12-18(11-15)33-23-29-7-4-20(34-23)25(26,27)28)19-13-30-22(39-19)24(38)5-2-17(3-6-24)32-21(37)14-36-9-8-31-35-36/h4,7-13,17,38H,2-3,5-6,14H2,1H3,(H,32,37)(H,29,33,34)/t17-,24+. The first-order chi connectivity index (χ1) is 18.6. The van der Waals surface area contributed by atoms with Crippen molar-refractivity contribution in [2.45, 2.75) is 57.0 Å². The van der Waals surface area contributed by atoms with Crippen LogP contribution >= 0.6 is 11.3 Å². The third kappa shape index (κ3) is 6.40. The Kier molecular flexibility index (Phi) is 7.32. The van der Waals surface area contributed by atoms with Crippen molar-refractivity contribution in [2.24, 2.45) is 0 Å². The van der Waals surface area contributed by atoms with Crippen molar-refractivity contribution in [3.05, 3.63) is 65.3 Å². The molecule has 14 heteroatoms. The number of thiazole rings is 1. The summed E-state index contributed by atoms with van der Waals surface area (Å²) in [7, 11) is 0. The van der Waals surface area contributed by atoms with Gasteiger partial charge in [0.05, 0.1) is 11.1 Å². The van der Waals surface area contributed by atoms with E-state index in [2.05, 4.69) is 35.9 Å². The minimum atomic E-state index is -4.57. The van der Waals surface area contributed by atoms with Gasteiger partial charge in [0.15, 0.2) is 0 Å². The van der Waals surface area contributed by atoms with Crippen LogP contribution in [-0.4, -0.2) is 47.0 Å². The second kappa shape index (κ2) is 10.7. The van der Waals surface area contributed by atoms with Crippen LogP contribution in [0.2, 0.25) is 0 Å². The van der Waals surface area contributed by atoms with Crippen LogP contribution in [0.5, 0.6) is 0 Å². The van der Waals surface area contributed by atoms with Crippen LogP contribution in [0.4, 0.5) is 24.8 Å². The molecule has 0 atom stereocenters. The van der Waals surface area contributed by atoms with Gasteiger partial charge in [-0.25, -0.2) is 19.6 Å². The predicted molar refractivity (Wildman–Crippen MR) is 137 cm³/mol. The number of benzene rings is 1. The highest BCUT2D eigenvalue weighted by Crippen LogP contribution is 2.41. The molecule has 1 amide bonds. The zero-order valence-corrected chi connectivity index (χ0v) is 21.6. The quantitative estimate of drug-likeness (QED) is 0.308. The topological polar surface area (TPSA) is 131 Å². The van der Waals surface area contributed by atoms with Crippen molar-refractivity contribution in [2.75, 3.05) is 5.32 Å². The van der Waals surface area contributed by atoms with E-state index < -0.39 is 17.5 Å². The summed E-state index contributed by atoms with van der Waals surface area (Å²) in [6, 6.07) is 6.25. The Balaban J connectivity index is 1.25. The van der Waals surface area contributed by atoms with Crippen LogP contribution in [0.3, 0.4) is 0 Å². The Hall–Kier alpha value is -3.91. The molecule has 5 rings (SSSR count). The van der Waals surface area contributed by atoms with E-state index in [0.29, 0.717) is 36.4 Å². The molecule has 204 valence electrons. The van der Waals surface area contributed by atoms with Crippen molar-refractivity contribution in [3.8, 4) is 10.4 Å². The molecule has 3 N–H and O–H groups in total. The highest BCUT2D eigenvalue weighted by Gasteiger charge is 2.38. The third-order valence-corrected chi connectivity index (χ3v) is 7.66. The van der Waals surface area contributed by atoms with E-state index in [1.807, 2.05) is 13.0 Å². The average molecular weight is 559 g/mol. The monoisotopic (exact) mass is 558 g/mol. The lowest BCUT2D eigenvalue weighted by atomic mass is 9.82. The summed E-state index contributed by atoms with van der Waals surface area (Å²) in [6.07, 6.45) is 3.39. The van der Waals surface area contributed by atoms with Crippen molar-refractivity contribution in [1.29, 1.82) is 0 Å². The summed E-state index contributed by atoms with van der Waals surface area (Å²) in [5.74, 6) is -0.322. The zero-order valence-electron chi connectivity index (χ0n) is 20.8. The van der Waals surface area contributed by atoms with Gasteiger partial charge in [0.2, 0.25) is 11.9 Å². The van der Waals surface area contributed by atoms with Gasteiger partial charge >= 0.3 is 6.18 Å². The van der Waals surface area contributed by atoms with Gasteiger partial charge in [-0.05, 0) is 61.9 Å². The minimum absolute atomic E-state index is 0.0517. The summed E-state index contributed by atoms with van der Waals surface area (Å²) in [5, 5.41) is 25.2. The normalized spacial score (nSPS) is 19.6. The molecule has 1 aliphatic rings. The van der Waals surface area contributed by atoms with E-state index in [1.165, 1.54) is 22.2 Å². The number of aryl methyl sites for hydroxylation is 1. The maximum atomic E-state index is 13.0. The number of carbonyl (C=O) groups excluding carboxylic acids is 1. The lowest BCUT2D eigenvalue weighted by molar-refractivity contribution is -0.141. The molecule has 0 spiro atoms. The molecule has 1 fully saturated rings. The Labute approximate surface area is 225 Å². The minimum Gasteiger partial charge on any atom is -0.383 e. The molecule has 1 aliphatic carbocycles. The molecule has 10 nitrogen and oxygen atoms in total. The molecule has 1 aromatic carbocycles. The van der Waals surface area contributed by atoms with Gasteiger partial charge in [-0.2, -0.15) is 13.2 Å². The van der Waals surface area contributed by atoms with Gasteiger partial charge in [0, 0.05) is 30.3 Å². The van der Waals surface area contributed by atoms with Crippen LogP contribution in [0.25, 0.3) is 10.4 Å². The lowest BCUT2D eigenvalue weighted by Gasteiger charge is -2.34. The SMILES string of the molecule is Cc1cc(Nc2nccc(C(F)(F)F)n2)cc(-c2cnc([C@]3(O)CC[C@@H](NC(=O)Cn4ccnn4)CC3)s2)c1. The van der Waals surface area contributed by atoms with E-state index >= 15 is 0 Å². The Bertz CT molecular complexity index is 1450. The number of alkyl halides is 3. The maximum absolute atomic E-state index is 13.0. The molecular formula is C25H25F3N8O2S. The van der Waals surface area contributed by atoms with Crippen LogP contribution in [0.15, 0.2) is 49.1 Å². The van der Waals surface area contributed by atoms with Gasteiger partial charge in [-0.1, -0.05) is 11.3 Å². The molecule has 3 heterocycles. The number of rotatable bonds is 7. The van der Waals surface area contributed by atoms with Crippen molar-refractivity contribution in [3.63, 3.8) is 0 Å². The highest BCUT2D eigenvalue weighted by atomic mass is 32.1. The molecule has 3 aromatic heterocycles. The second-order valence-corrected chi connectivity index (χ2v) is 10.5. The molecule has 4 aromatic rings. The molecule has 39 heavy (non-hydrogen) atoms. The van der Waals surface area contributed by atoms with E-state index in [0.717, 1.165) is 28.3 Å². The molecule has 0 unspecified atom stereocenters. The fourth-order valence-corrected chi connectivity index (χ4v) is 5.57. The smallest absolute Gasteiger partial charge is 0.383 e. The molecule has 0 bridgehead atoms. The summed E-state index contributed by atoms with van der Waals surface area (Å²) in [5.41, 5.74) is 0.0637. The van der Waals surface area contributed by atoms with E-state index in [9.17, 15) is 23.1 Å². The first kappa shape index (κ1) is 26.7. The molecule has 0 radical (unpaired) electrons. The number of aliphatic hydroxyl groups is 1. The number of amides is 1. The Morgan fingerprint density at radius 2 is 2.00 bits per heavy atom. The highest BCUT2D eigenvalue weighted by molar-refractivity contribution is 7.15. The first-order valence-corrected chi connectivity index (χ1v) is 13.0. The number of nitrogens with one attached hydrogen (secondary N) is 2. The van der Waals surface area contributed by atoms with Crippen LogP contribution < -0.4 is 10.6 Å². The molecule has 0 aliphatic heterocycles. The lowest BCUT2D eigenvalue weighted by Crippen LogP contribution is -2.43. The number of hydrogen-bond acceptors (Lipinski definition) is 9. The van der Waals surface area contributed by atoms with Crippen molar-refractivity contribution >= 4 is 28.9 Å². The summed E-state index contributed by atoms with van der Waals surface area (Å²) in [6.45, 7) is 1.96. The number of carbonyl (C=O) groups is 1. The summed E-state index contributed by atoms with van der Waals surface area (Å²) < 4.78 is 40.5. The Morgan fingerprint density at radius 1 is 1.21 bits per heavy atom. The number of hydrogen-bond donors (Lipinski definition) is 3. The summed E-state index contributed by atoms with van der Waals surface area (Å²) >= 11 is 1.36. The third-order valence-electron chi connectivity index (χ3n) is 6.42. The number of aromatic nitrogens is 6. The van der Waals surface area contributed by atoms with Gasteiger partial charge in [-0.15, -0.1) is 16.4 Å².